The number of hydrogen-bond acceptors (Lipinski definition) is 14. The van der Waals surface area contributed by atoms with E-state index in [1.807, 2.05) is 24.3 Å². The molecule has 11 nitrogen and oxygen atoms in total. The number of oxime groups is 2. The number of rotatable bonds is 8. The lowest BCUT2D eigenvalue weighted by atomic mass is 10.3. The van der Waals surface area contributed by atoms with Crippen LogP contribution in [0.3, 0.4) is 0 Å². The molecule has 4 aromatic rings. The Morgan fingerprint density at radius 3 is 2.41 bits per heavy atom. The normalized spacial score (nSPS) is 12.1. The summed E-state index contributed by atoms with van der Waals surface area (Å²) in [5.41, 5.74) is 6.87. The maximum absolute atomic E-state index is 12.9. The summed E-state index contributed by atoms with van der Waals surface area (Å²) in [6.45, 7) is 0. The van der Waals surface area contributed by atoms with Crippen molar-refractivity contribution in [1.29, 1.82) is 0 Å². The summed E-state index contributed by atoms with van der Waals surface area (Å²) in [4.78, 5) is 48.1. The fourth-order valence-electron chi connectivity index (χ4n) is 2.59. The van der Waals surface area contributed by atoms with Crippen molar-refractivity contribution in [2.24, 2.45) is 10.3 Å². The Bertz CT molecular complexity index is 1380. The molecule has 0 unspecified atom stereocenters. The third-order valence-corrected chi connectivity index (χ3v) is 7.37. The number of thioether (sulfide) groups is 1. The molecule has 3 aromatic heterocycles. The molecule has 3 heterocycles. The van der Waals surface area contributed by atoms with E-state index in [1.54, 1.807) is 10.8 Å². The van der Waals surface area contributed by atoms with Crippen LogP contribution in [0.15, 0.2) is 49.7 Å². The van der Waals surface area contributed by atoms with Gasteiger partial charge in [0.25, 0.3) is 5.91 Å². The molecule has 4 rings (SSSR count). The number of aromatic nitrogens is 3. The minimum atomic E-state index is -0.603. The fraction of sp³-hybridized carbons (Fsp3) is 0.105. The lowest BCUT2D eigenvalue weighted by Crippen LogP contribution is -2.24. The largest absolute Gasteiger partial charge is 0.398 e. The summed E-state index contributed by atoms with van der Waals surface area (Å²) in [6, 6.07) is 7.60. The van der Waals surface area contributed by atoms with E-state index in [0.717, 1.165) is 44.7 Å². The van der Waals surface area contributed by atoms with Crippen molar-refractivity contribution >= 4 is 88.7 Å². The maximum atomic E-state index is 12.9. The Balaban J connectivity index is 1.51. The summed E-state index contributed by atoms with van der Waals surface area (Å²) >= 11 is 4.59. The maximum Gasteiger partial charge on any atom is 0.281 e. The van der Waals surface area contributed by atoms with Gasteiger partial charge in [-0.15, -0.1) is 34.0 Å². The summed E-state index contributed by atoms with van der Waals surface area (Å²) in [5.74, 6) is -0.603. The van der Waals surface area contributed by atoms with Gasteiger partial charge < -0.3 is 15.4 Å². The zero-order valence-corrected chi connectivity index (χ0v) is 20.8. The first kappa shape index (κ1) is 23.7. The first-order valence-corrected chi connectivity index (χ1v) is 12.7. The number of para-hydroxylation sites is 1. The molecule has 174 valence electrons. The summed E-state index contributed by atoms with van der Waals surface area (Å²) in [5, 5.41) is 13.5. The number of hydrogen-bond donors (Lipinski definition) is 2. The number of benzene rings is 1. The SMILES string of the molecule is CO/N=C(\C(=O)Nc1nc(/C(=N/OC)C(=O)Sc2nc3ccccc3s2)cs1)c1csc(N)n1. The van der Waals surface area contributed by atoms with Gasteiger partial charge >= 0.3 is 0 Å². The van der Waals surface area contributed by atoms with E-state index in [0.29, 0.717) is 4.34 Å². The number of nitrogens with one attached hydrogen (secondary N) is 1. The number of carbonyl (C=O) groups is 2. The number of carbonyl (C=O) groups excluding carboxylic acids is 2. The van der Waals surface area contributed by atoms with Crippen LogP contribution in [0, 0.1) is 0 Å². The highest BCUT2D eigenvalue weighted by molar-refractivity contribution is 8.16. The van der Waals surface area contributed by atoms with E-state index in [1.165, 1.54) is 25.6 Å². The summed E-state index contributed by atoms with van der Waals surface area (Å²) in [7, 11) is 2.64. The summed E-state index contributed by atoms with van der Waals surface area (Å²) < 4.78 is 1.54. The van der Waals surface area contributed by atoms with Gasteiger partial charge in [-0.05, 0) is 23.9 Å². The Hall–Kier alpha value is -3.40. The van der Waals surface area contributed by atoms with Gasteiger partial charge in [0.15, 0.2) is 26.0 Å². The van der Waals surface area contributed by atoms with Crippen LogP contribution in [-0.4, -0.2) is 51.6 Å². The molecule has 0 aliphatic rings. The van der Waals surface area contributed by atoms with Gasteiger partial charge in [-0.3, -0.25) is 14.9 Å². The highest BCUT2D eigenvalue weighted by Crippen LogP contribution is 2.31. The second kappa shape index (κ2) is 10.7. The molecule has 15 heteroatoms. The molecule has 0 spiro atoms. The van der Waals surface area contributed by atoms with Crippen molar-refractivity contribution in [2.75, 3.05) is 25.3 Å². The van der Waals surface area contributed by atoms with Crippen molar-refractivity contribution < 1.29 is 19.3 Å². The minimum absolute atomic E-state index is 0.0124. The number of anilines is 2. The highest BCUT2D eigenvalue weighted by Gasteiger charge is 2.24. The number of nitrogen functional groups attached to an aromatic ring is 1. The van der Waals surface area contributed by atoms with Crippen molar-refractivity contribution in [3.05, 3.63) is 46.4 Å². The monoisotopic (exact) mass is 533 g/mol. The van der Waals surface area contributed by atoms with Gasteiger partial charge in [0.05, 0.1) is 10.2 Å². The Morgan fingerprint density at radius 1 is 1.00 bits per heavy atom. The van der Waals surface area contributed by atoms with E-state index < -0.39 is 11.0 Å². The standard InChI is InChI=1S/C19H15N7O4S4/c1-29-25-13(10-7-31-17(20)21-10)15(27)24-18-22-11(8-32-18)14(26-30-2)16(28)34-19-23-9-5-3-4-6-12(9)33-19/h3-8H,1-2H3,(H2,20,21)(H,22,24,27)/b25-13-,26-14-. The van der Waals surface area contributed by atoms with Crippen molar-refractivity contribution in [2.45, 2.75) is 4.34 Å². The van der Waals surface area contributed by atoms with Crippen LogP contribution < -0.4 is 11.1 Å². The zero-order chi connectivity index (χ0) is 24.1. The molecule has 3 N–H and O–H groups in total. The number of nitrogens with two attached hydrogens (primary N) is 1. The molecule has 34 heavy (non-hydrogen) atoms. The van der Waals surface area contributed by atoms with Gasteiger partial charge in [-0.2, -0.15) is 0 Å². The number of amides is 1. The number of thiazole rings is 3. The van der Waals surface area contributed by atoms with Crippen molar-refractivity contribution in [1.82, 2.24) is 15.0 Å². The van der Waals surface area contributed by atoms with E-state index in [9.17, 15) is 9.59 Å². The van der Waals surface area contributed by atoms with E-state index in [2.05, 4.69) is 30.6 Å². The molecule has 1 aromatic carbocycles. The Labute approximate surface area is 208 Å². The average Bonchev–Trinajstić information content (AvgIpc) is 3.55. The lowest BCUT2D eigenvalue weighted by molar-refractivity contribution is -0.110. The van der Waals surface area contributed by atoms with E-state index in [4.69, 9.17) is 15.4 Å². The topological polar surface area (TPSA) is 154 Å². The molecule has 0 saturated heterocycles. The molecular formula is C19H15N7O4S4. The predicted octanol–water partition coefficient (Wildman–Crippen LogP) is 3.45. The second-order valence-electron chi connectivity index (χ2n) is 6.14. The smallest absolute Gasteiger partial charge is 0.281 e. The molecule has 0 radical (unpaired) electrons. The predicted molar refractivity (Wildman–Crippen MR) is 135 cm³/mol. The fourth-order valence-corrected chi connectivity index (χ4v) is 5.73. The second-order valence-corrected chi connectivity index (χ2v) is 10.1. The minimum Gasteiger partial charge on any atom is -0.398 e. The van der Waals surface area contributed by atoms with Gasteiger partial charge in [0.2, 0.25) is 5.12 Å². The van der Waals surface area contributed by atoms with Crippen LogP contribution in [0.5, 0.6) is 0 Å². The van der Waals surface area contributed by atoms with Crippen LogP contribution >= 0.6 is 45.8 Å². The molecule has 1 amide bonds. The molecular weight excluding hydrogens is 519 g/mol. The first-order valence-electron chi connectivity index (χ1n) is 9.27. The van der Waals surface area contributed by atoms with Gasteiger partial charge in [-0.1, -0.05) is 22.4 Å². The van der Waals surface area contributed by atoms with E-state index in [-0.39, 0.29) is 33.1 Å². The van der Waals surface area contributed by atoms with Gasteiger partial charge in [0, 0.05) is 10.8 Å². The average molecular weight is 534 g/mol. The third kappa shape index (κ3) is 5.39. The van der Waals surface area contributed by atoms with Crippen LogP contribution in [-0.2, 0) is 19.3 Å². The molecule has 0 aliphatic carbocycles. The summed E-state index contributed by atoms with van der Waals surface area (Å²) in [6.07, 6.45) is 0. The molecule has 0 bridgehead atoms. The van der Waals surface area contributed by atoms with Crippen LogP contribution in [0.1, 0.15) is 11.4 Å². The molecule has 0 atom stereocenters. The first-order chi connectivity index (χ1) is 16.5. The molecule has 0 aliphatic heterocycles. The van der Waals surface area contributed by atoms with Crippen LogP contribution in [0.2, 0.25) is 0 Å². The number of fused-ring (bicyclic) bond motifs is 1. The lowest BCUT2D eigenvalue weighted by Gasteiger charge is -2.03. The quantitative estimate of drug-likeness (QED) is 0.197. The van der Waals surface area contributed by atoms with Crippen LogP contribution in [0.25, 0.3) is 10.2 Å². The number of nitrogens with zero attached hydrogens (tertiary/aromatic N) is 5. The molecule has 0 fully saturated rings. The van der Waals surface area contributed by atoms with Gasteiger partial charge in [-0.25, -0.2) is 15.0 Å². The molecule has 0 saturated carbocycles. The highest BCUT2D eigenvalue weighted by atomic mass is 32.2. The van der Waals surface area contributed by atoms with Crippen LogP contribution in [0.4, 0.5) is 10.3 Å². The Morgan fingerprint density at radius 2 is 1.71 bits per heavy atom. The van der Waals surface area contributed by atoms with Crippen molar-refractivity contribution in [3.8, 4) is 0 Å². The Kier molecular flexibility index (Phi) is 7.46. The zero-order valence-electron chi connectivity index (χ0n) is 17.5. The van der Waals surface area contributed by atoms with E-state index >= 15 is 0 Å². The van der Waals surface area contributed by atoms with Crippen molar-refractivity contribution in [3.63, 3.8) is 0 Å². The third-order valence-electron chi connectivity index (χ3n) is 3.96. The van der Waals surface area contributed by atoms with Gasteiger partial charge in [0.1, 0.15) is 25.6 Å².